The Morgan fingerprint density at radius 3 is 2.31 bits per heavy atom. The number of amides is 2. The molecule has 2 amide bonds. The first-order valence-corrected chi connectivity index (χ1v) is 10.3. The molecule has 156 valence electrons. The van der Waals surface area contributed by atoms with Gasteiger partial charge in [-0.1, -0.05) is 6.07 Å². The average molecular weight is 420 g/mol. The van der Waals surface area contributed by atoms with Gasteiger partial charge >= 0.3 is 0 Å². The highest BCUT2D eigenvalue weighted by Crippen LogP contribution is 2.19. The van der Waals surface area contributed by atoms with Crippen molar-refractivity contribution < 1.29 is 18.0 Å². The predicted molar refractivity (Wildman–Crippen MR) is 111 cm³/mol. The van der Waals surface area contributed by atoms with Crippen LogP contribution in [0.15, 0.2) is 41.4 Å². The molecule has 1 aromatic heterocycles. The second-order valence-electron chi connectivity index (χ2n) is 6.67. The summed E-state index contributed by atoms with van der Waals surface area (Å²) in [6.07, 6.45) is 1.60. The van der Waals surface area contributed by atoms with Crippen LogP contribution in [0.4, 0.5) is 11.5 Å². The maximum Gasteiger partial charge on any atom is 0.240 e. The van der Waals surface area contributed by atoms with Crippen molar-refractivity contribution in [3.8, 4) is 0 Å². The van der Waals surface area contributed by atoms with E-state index in [1.165, 1.54) is 13.1 Å². The minimum Gasteiger partial charge on any atom is -0.325 e. The Morgan fingerprint density at radius 1 is 1.03 bits per heavy atom. The molecule has 0 aliphatic heterocycles. The van der Waals surface area contributed by atoms with Crippen LogP contribution in [0.1, 0.15) is 11.1 Å². The number of likely N-dealkylation sites (N-methyl/N-ethyl adjacent to an activating group) is 1. The van der Waals surface area contributed by atoms with Crippen LogP contribution in [0, 0.1) is 13.8 Å². The summed E-state index contributed by atoms with van der Waals surface area (Å²) in [7, 11) is -0.670. The van der Waals surface area contributed by atoms with Gasteiger partial charge in [0.25, 0.3) is 0 Å². The van der Waals surface area contributed by atoms with Crippen molar-refractivity contribution in [3.63, 3.8) is 0 Å². The summed E-state index contributed by atoms with van der Waals surface area (Å²) < 4.78 is 26.4. The Balaban J connectivity index is 1.93. The number of nitrogens with zero attached hydrogens (tertiary/aromatic N) is 2. The normalized spacial score (nSPS) is 11.3. The van der Waals surface area contributed by atoms with Crippen LogP contribution in [-0.4, -0.2) is 57.3 Å². The molecular weight excluding hydrogens is 394 g/mol. The molecule has 1 aromatic carbocycles. The Kier molecular flexibility index (Phi) is 7.43. The fraction of sp³-hybridized carbons (Fsp3) is 0.316. The zero-order valence-electron chi connectivity index (χ0n) is 16.8. The number of hydrogen-bond acceptors (Lipinski definition) is 6. The zero-order chi connectivity index (χ0) is 21.6. The Bertz CT molecular complexity index is 1010. The molecule has 0 saturated carbocycles. The molecule has 0 spiro atoms. The van der Waals surface area contributed by atoms with Gasteiger partial charge in [0, 0.05) is 11.9 Å². The summed E-state index contributed by atoms with van der Waals surface area (Å²) in [4.78, 5) is 30.1. The largest absolute Gasteiger partial charge is 0.325 e. The third kappa shape index (κ3) is 6.63. The molecule has 0 bridgehead atoms. The number of sulfonamides is 1. The van der Waals surface area contributed by atoms with Gasteiger partial charge in [-0.3, -0.25) is 14.5 Å². The molecule has 29 heavy (non-hydrogen) atoms. The maximum absolute atomic E-state index is 12.3. The molecule has 2 aromatic rings. The quantitative estimate of drug-likeness (QED) is 0.590. The van der Waals surface area contributed by atoms with E-state index in [2.05, 4.69) is 20.3 Å². The van der Waals surface area contributed by atoms with Crippen molar-refractivity contribution in [1.29, 1.82) is 0 Å². The van der Waals surface area contributed by atoms with Crippen LogP contribution in [0.5, 0.6) is 0 Å². The lowest BCUT2D eigenvalue weighted by Gasteiger charge is -2.16. The van der Waals surface area contributed by atoms with Gasteiger partial charge in [0.2, 0.25) is 21.8 Å². The summed E-state index contributed by atoms with van der Waals surface area (Å²) in [5.74, 6) is -0.215. The van der Waals surface area contributed by atoms with Crippen molar-refractivity contribution >= 4 is 33.3 Å². The third-order valence-corrected chi connectivity index (χ3v) is 5.60. The molecule has 0 aliphatic carbocycles. The van der Waals surface area contributed by atoms with Crippen LogP contribution in [0.25, 0.3) is 0 Å². The number of rotatable bonds is 8. The summed E-state index contributed by atoms with van der Waals surface area (Å²) in [6.45, 7) is 3.52. The lowest BCUT2D eigenvalue weighted by molar-refractivity contribution is -0.119. The number of carbonyl (C=O) groups excluding carboxylic acids is 2. The van der Waals surface area contributed by atoms with Crippen molar-refractivity contribution in [2.45, 2.75) is 18.7 Å². The average Bonchev–Trinajstić information content (AvgIpc) is 2.62. The SMILES string of the molecule is CNS(=O)(=O)c1cc(NC(=O)CN(C)CC(=O)Nc2cc(C)ccn2)ccc1C. The number of anilines is 2. The Labute approximate surface area is 170 Å². The minimum atomic E-state index is -3.63. The first-order chi connectivity index (χ1) is 13.6. The van der Waals surface area contributed by atoms with Gasteiger partial charge in [-0.15, -0.1) is 0 Å². The van der Waals surface area contributed by atoms with E-state index in [0.29, 0.717) is 17.1 Å². The van der Waals surface area contributed by atoms with Crippen LogP contribution >= 0.6 is 0 Å². The molecule has 3 N–H and O–H groups in total. The second-order valence-corrected chi connectivity index (χ2v) is 8.53. The fourth-order valence-corrected chi connectivity index (χ4v) is 3.60. The molecule has 0 fully saturated rings. The lowest BCUT2D eigenvalue weighted by atomic mass is 10.2. The molecule has 10 heteroatoms. The highest BCUT2D eigenvalue weighted by Gasteiger charge is 2.16. The van der Waals surface area contributed by atoms with Gasteiger partial charge in [0.05, 0.1) is 18.0 Å². The van der Waals surface area contributed by atoms with Gasteiger partial charge in [-0.2, -0.15) is 0 Å². The highest BCUT2D eigenvalue weighted by molar-refractivity contribution is 7.89. The summed E-state index contributed by atoms with van der Waals surface area (Å²) >= 11 is 0. The van der Waals surface area contributed by atoms with E-state index < -0.39 is 10.0 Å². The predicted octanol–water partition coefficient (Wildman–Crippen LogP) is 1.12. The van der Waals surface area contributed by atoms with Crippen LogP contribution in [-0.2, 0) is 19.6 Å². The van der Waals surface area contributed by atoms with E-state index in [9.17, 15) is 18.0 Å². The topological polar surface area (TPSA) is 121 Å². The first kappa shape index (κ1) is 22.5. The van der Waals surface area contributed by atoms with Gasteiger partial charge < -0.3 is 10.6 Å². The maximum atomic E-state index is 12.3. The molecule has 0 atom stereocenters. The number of aromatic nitrogens is 1. The molecule has 0 unspecified atom stereocenters. The van der Waals surface area contributed by atoms with E-state index in [4.69, 9.17) is 0 Å². The van der Waals surface area contributed by atoms with Gasteiger partial charge in [0.15, 0.2) is 0 Å². The minimum absolute atomic E-state index is 0.00365. The van der Waals surface area contributed by atoms with Crippen molar-refractivity contribution in [3.05, 3.63) is 47.7 Å². The molecule has 2 rings (SSSR count). The monoisotopic (exact) mass is 419 g/mol. The smallest absolute Gasteiger partial charge is 0.240 e. The van der Waals surface area contributed by atoms with Gasteiger partial charge in [0.1, 0.15) is 5.82 Å². The molecule has 1 heterocycles. The molecule has 9 nitrogen and oxygen atoms in total. The number of hydrogen-bond donors (Lipinski definition) is 3. The molecule has 0 radical (unpaired) electrons. The number of pyridine rings is 1. The van der Waals surface area contributed by atoms with Gasteiger partial charge in [-0.05, 0) is 63.3 Å². The number of benzene rings is 1. The van der Waals surface area contributed by atoms with E-state index in [1.807, 2.05) is 13.0 Å². The van der Waals surface area contributed by atoms with E-state index >= 15 is 0 Å². The second kappa shape index (κ2) is 9.59. The van der Waals surface area contributed by atoms with Crippen LogP contribution in [0.3, 0.4) is 0 Å². The van der Waals surface area contributed by atoms with Crippen molar-refractivity contribution in [2.75, 3.05) is 37.8 Å². The van der Waals surface area contributed by atoms with E-state index in [-0.39, 0.29) is 29.8 Å². The molecule has 0 aliphatic rings. The summed E-state index contributed by atoms with van der Waals surface area (Å²) in [5.41, 5.74) is 1.90. The summed E-state index contributed by atoms with van der Waals surface area (Å²) in [6, 6.07) is 8.21. The Morgan fingerprint density at radius 2 is 1.69 bits per heavy atom. The summed E-state index contributed by atoms with van der Waals surface area (Å²) in [5, 5.41) is 5.33. The van der Waals surface area contributed by atoms with Crippen molar-refractivity contribution in [2.24, 2.45) is 0 Å². The van der Waals surface area contributed by atoms with Gasteiger partial charge in [-0.25, -0.2) is 18.1 Å². The van der Waals surface area contributed by atoms with Crippen LogP contribution in [0.2, 0.25) is 0 Å². The molecular formula is C19H25N5O4S. The first-order valence-electron chi connectivity index (χ1n) is 8.86. The molecule has 0 saturated heterocycles. The van der Waals surface area contributed by atoms with E-state index in [1.54, 1.807) is 43.3 Å². The Hall–Kier alpha value is -2.82. The lowest BCUT2D eigenvalue weighted by Crippen LogP contribution is -2.36. The number of aryl methyl sites for hydroxylation is 2. The fourth-order valence-electron chi connectivity index (χ4n) is 2.61. The standard InChI is InChI=1S/C19H25N5O4S/c1-13-7-8-21-17(9-13)23-19(26)12-24(4)11-18(25)22-15-6-5-14(2)16(10-15)29(27,28)20-3/h5-10,20H,11-12H2,1-4H3,(H,22,25)(H,21,23,26). The number of carbonyl (C=O) groups is 2. The van der Waals surface area contributed by atoms with Crippen molar-refractivity contribution in [1.82, 2.24) is 14.6 Å². The van der Waals surface area contributed by atoms with Crippen LogP contribution < -0.4 is 15.4 Å². The third-order valence-electron chi connectivity index (χ3n) is 4.04. The number of nitrogens with one attached hydrogen (secondary N) is 3. The van der Waals surface area contributed by atoms with E-state index in [0.717, 1.165) is 5.56 Å². The zero-order valence-corrected chi connectivity index (χ0v) is 17.6. The highest BCUT2D eigenvalue weighted by atomic mass is 32.2.